The van der Waals surface area contributed by atoms with E-state index in [2.05, 4.69) is 15.3 Å². The molecule has 0 aliphatic carbocycles. The van der Waals surface area contributed by atoms with Gasteiger partial charge < -0.3 is 10.1 Å². The van der Waals surface area contributed by atoms with Crippen molar-refractivity contribution in [1.82, 2.24) is 19.1 Å². The van der Waals surface area contributed by atoms with Crippen LogP contribution < -0.4 is 21.4 Å². The highest BCUT2D eigenvalue weighted by Gasteiger charge is 2.14. The van der Waals surface area contributed by atoms with E-state index in [1.54, 1.807) is 31.2 Å². The van der Waals surface area contributed by atoms with Gasteiger partial charge in [-0.05, 0) is 56.2 Å². The molecule has 0 saturated carbocycles. The Hall–Kier alpha value is -4.71. The lowest BCUT2D eigenvalue weighted by molar-refractivity contribution is 0.459. The fourth-order valence-corrected chi connectivity index (χ4v) is 3.50. The minimum absolute atomic E-state index is 0.159. The normalized spacial score (nSPS) is 10.6. The van der Waals surface area contributed by atoms with Gasteiger partial charge in [0.05, 0.1) is 12.1 Å². The molecular formula is C26H24N6O3. The number of nitrogens with one attached hydrogen (secondary N) is 1. The summed E-state index contributed by atoms with van der Waals surface area (Å²) in [5, 5.41) is 12.0. The highest BCUT2D eigenvalue weighted by molar-refractivity contribution is 5.57. The SMILES string of the molecule is CCn1c(=O)nc(Nc2ccc(Oc3ccc(C#N)cn3)c(C)c2)n(Cc2ccc(C)cc2)c1=O. The van der Waals surface area contributed by atoms with Crippen molar-refractivity contribution in [2.75, 3.05) is 5.32 Å². The fourth-order valence-electron chi connectivity index (χ4n) is 3.50. The Balaban J connectivity index is 1.64. The number of benzene rings is 2. The van der Waals surface area contributed by atoms with Gasteiger partial charge in [-0.3, -0.25) is 4.57 Å². The van der Waals surface area contributed by atoms with Gasteiger partial charge in [0.2, 0.25) is 11.8 Å². The van der Waals surface area contributed by atoms with E-state index >= 15 is 0 Å². The van der Waals surface area contributed by atoms with E-state index < -0.39 is 11.4 Å². The molecule has 35 heavy (non-hydrogen) atoms. The number of aryl methyl sites for hydroxylation is 2. The summed E-state index contributed by atoms with van der Waals surface area (Å²) in [4.78, 5) is 33.8. The number of hydrogen-bond acceptors (Lipinski definition) is 7. The minimum atomic E-state index is -0.608. The molecule has 0 amide bonds. The molecule has 1 N–H and O–H groups in total. The smallest absolute Gasteiger partial charge is 0.354 e. The molecule has 0 unspecified atom stereocenters. The molecule has 9 heteroatoms. The lowest BCUT2D eigenvalue weighted by Gasteiger charge is -2.16. The molecule has 0 atom stereocenters. The summed E-state index contributed by atoms with van der Waals surface area (Å²) in [5.41, 5.74) is 2.88. The van der Waals surface area contributed by atoms with Crippen LogP contribution in [-0.2, 0) is 13.1 Å². The number of nitriles is 1. The van der Waals surface area contributed by atoms with Gasteiger partial charge in [0.1, 0.15) is 11.8 Å². The van der Waals surface area contributed by atoms with Crippen molar-refractivity contribution in [2.24, 2.45) is 0 Å². The van der Waals surface area contributed by atoms with E-state index in [-0.39, 0.29) is 19.0 Å². The molecule has 2 aromatic carbocycles. The molecule has 0 saturated heterocycles. The topological polar surface area (TPSA) is 115 Å². The average molecular weight is 469 g/mol. The molecule has 4 rings (SSSR count). The van der Waals surface area contributed by atoms with Crippen molar-refractivity contribution in [3.8, 4) is 17.7 Å². The number of pyridine rings is 1. The molecule has 0 aliphatic rings. The monoisotopic (exact) mass is 468 g/mol. The Labute approximate surface area is 201 Å². The van der Waals surface area contributed by atoms with Gasteiger partial charge in [0, 0.05) is 24.5 Å². The predicted octanol–water partition coefficient (Wildman–Crippen LogP) is 3.89. The lowest BCUT2D eigenvalue weighted by Crippen LogP contribution is -2.42. The molecule has 0 radical (unpaired) electrons. The first-order valence-corrected chi connectivity index (χ1v) is 11.1. The van der Waals surface area contributed by atoms with Crippen molar-refractivity contribution in [2.45, 2.75) is 33.9 Å². The highest BCUT2D eigenvalue weighted by Crippen LogP contribution is 2.27. The number of rotatable bonds is 7. The summed E-state index contributed by atoms with van der Waals surface area (Å²) >= 11 is 0. The summed E-state index contributed by atoms with van der Waals surface area (Å²) in [6, 6.07) is 18.5. The quantitative estimate of drug-likeness (QED) is 0.437. The van der Waals surface area contributed by atoms with Gasteiger partial charge in [-0.15, -0.1) is 0 Å². The number of anilines is 2. The van der Waals surface area contributed by atoms with E-state index in [4.69, 9.17) is 10.00 Å². The Bertz CT molecular complexity index is 1510. The van der Waals surface area contributed by atoms with E-state index in [1.807, 2.05) is 50.2 Å². The molecule has 2 aromatic heterocycles. The maximum Gasteiger partial charge on any atom is 0.354 e. The van der Waals surface area contributed by atoms with E-state index in [0.29, 0.717) is 22.9 Å². The molecule has 4 aromatic rings. The third-order valence-corrected chi connectivity index (χ3v) is 5.44. The van der Waals surface area contributed by atoms with Gasteiger partial charge >= 0.3 is 11.4 Å². The van der Waals surface area contributed by atoms with E-state index in [0.717, 1.165) is 21.3 Å². The van der Waals surface area contributed by atoms with Crippen molar-refractivity contribution in [3.05, 3.63) is 104 Å². The molecule has 0 fully saturated rings. The third-order valence-electron chi connectivity index (χ3n) is 5.44. The summed E-state index contributed by atoms with van der Waals surface area (Å²) in [6.07, 6.45) is 1.44. The number of hydrogen-bond donors (Lipinski definition) is 1. The van der Waals surface area contributed by atoms with Crippen LogP contribution in [-0.4, -0.2) is 19.1 Å². The van der Waals surface area contributed by atoms with Crippen LogP contribution in [0, 0.1) is 25.2 Å². The standard InChI is InChI=1S/C26H24N6O3/c1-4-31-25(33)30-24(32(26(31)34)16-19-7-5-17(2)6-8-19)29-21-10-11-22(18(3)13-21)35-23-12-9-20(14-27)15-28-23/h5-13,15H,4,16H2,1-3H3,(H,29,30,33). The molecule has 0 bridgehead atoms. The zero-order valence-corrected chi connectivity index (χ0v) is 19.6. The first-order chi connectivity index (χ1) is 16.9. The summed E-state index contributed by atoms with van der Waals surface area (Å²) < 4.78 is 8.38. The Morgan fingerprint density at radius 1 is 1.03 bits per heavy atom. The summed E-state index contributed by atoms with van der Waals surface area (Å²) in [7, 11) is 0. The molecule has 2 heterocycles. The molecule has 176 valence electrons. The molecule has 9 nitrogen and oxygen atoms in total. The van der Waals surface area contributed by atoms with Crippen LogP contribution in [0.15, 0.2) is 70.4 Å². The number of nitrogens with zero attached hydrogens (tertiary/aromatic N) is 5. The number of ether oxygens (including phenoxy) is 1. The zero-order valence-electron chi connectivity index (χ0n) is 19.6. The van der Waals surface area contributed by atoms with Crippen LogP contribution in [0.4, 0.5) is 11.6 Å². The van der Waals surface area contributed by atoms with Gasteiger partial charge in [0.25, 0.3) is 0 Å². The van der Waals surface area contributed by atoms with Crippen LogP contribution in [0.25, 0.3) is 0 Å². The van der Waals surface area contributed by atoms with Crippen molar-refractivity contribution in [1.29, 1.82) is 5.26 Å². The van der Waals surface area contributed by atoms with Crippen LogP contribution in [0.1, 0.15) is 29.2 Å². The van der Waals surface area contributed by atoms with Crippen LogP contribution in [0.3, 0.4) is 0 Å². The molecular weight excluding hydrogens is 444 g/mol. The first kappa shape index (κ1) is 23.4. The zero-order chi connectivity index (χ0) is 24.9. The maximum absolute atomic E-state index is 13.1. The highest BCUT2D eigenvalue weighted by atomic mass is 16.5. The predicted molar refractivity (Wildman–Crippen MR) is 132 cm³/mol. The van der Waals surface area contributed by atoms with Crippen molar-refractivity contribution < 1.29 is 4.74 Å². The van der Waals surface area contributed by atoms with Gasteiger partial charge in [-0.1, -0.05) is 29.8 Å². The fraction of sp³-hybridized carbons (Fsp3) is 0.192. The van der Waals surface area contributed by atoms with Crippen LogP contribution in [0.5, 0.6) is 11.6 Å². The summed E-state index contributed by atoms with van der Waals surface area (Å²) in [6.45, 7) is 6.09. The Kier molecular flexibility index (Phi) is 6.73. The first-order valence-electron chi connectivity index (χ1n) is 11.1. The van der Waals surface area contributed by atoms with Crippen molar-refractivity contribution in [3.63, 3.8) is 0 Å². The Morgan fingerprint density at radius 3 is 2.43 bits per heavy atom. The van der Waals surface area contributed by atoms with Gasteiger partial charge in [0.15, 0.2) is 0 Å². The van der Waals surface area contributed by atoms with E-state index in [9.17, 15) is 9.59 Å². The van der Waals surface area contributed by atoms with Crippen LogP contribution >= 0.6 is 0 Å². The summed E-state index contributed by atoms with van der Waals surface area (Å²) in [5.74, 6) is 1.11. The maximum atomic E-state index is 13.1. The second kappa shape index (κ2) is 10.1. The largest absolute Gasteiger partial charge is 0.439 e. The second-order valence-electron chi connectivity index (χ2n) is 8.02. The minimum Gasteiger partial charge on any atom is -0.439 e. The molecule has 0 spiro atoms. The third kappa shape index (κ3) is 5.28. The average Bonchev–Trinajstić information content (AvgIpc) is 2.85. The second-order valence-corrected chi connectivity index (χ2v) is 8.02. The van der Waals surface area contributed by atoms with E-state index in [1.165, 1.54) is 10.8 Å². The van der Waals surface area contributed by atoms with Gasteiger partial charge in [-0.2, -0.15) is 10.2 Å². The number of aromatic nitrogens is 4. The van der Waals surface area contributed by atoms with Crippen LogP contribution in [0.2, 0.25) is 0 Å². The molecule has 0 aliphatic heterocycles. The van der Waals surface area contributed by atoms with Gasteiger partial charge in [-0.25, -0.2) is 19.1 Å². The Morgan fingerprint density at radius 2 is 1.80 bits per heavy atom. The van der Waals surface area contributed by atoms with Crippen molar-refractivity contribution >= 4 is 11.6 Å². The lowest BCUT2D eigenvalue weighted by atomic mass is 10.1.